The number of rotatable bonds is 16. The zero-order chi connectivity index (χ0) is 27.3. The van der Waals surface area contributed by atoms with Gasteiger partial charge in [0, 0.05) is 25.0 Å². The number of hydrogen-bond donors (Lipinski definition) is 8. The van der Waals surface area contributed by atoms with Gasteiger partial charge in [-0.25, -0.2) is 4.79 Å². The summed E-state index contributed by atoms with van der Waals surface area (Å²) in [4.78, 5) is 71.8. The van der Waals surface area contributed by atoms with Gasteiger partial charge in [0.1, 0.15) is 18.1 Å². The first-order chi connectivity index (χ1) is 16.9. The van der Waals surface area contributed by atoms with Crippen LogP contribution in [0.5, 0.6) is 0 Å². The number of benzene rings is 1. The molecule has 0 spiro atoms. The lowest BCUT2D eigenvalue weighted by Gasteiger charge is -2.25. The quantitative estimate of drug-likeness (QED) is 0.113. The Morgan fingerprint density at radius 2 is 1.33 bits per heavy atom. The molecule has 0 saturated heterocycles. The van der Waals surface area contributed by atoms with E-state index in [1.54, 1.807) is 30.3 Å². The minimum absolute atomic E-state index is 0.0120. The van der Waals surface area contributed by atoms with E-state index >= 15 is 0 Å². The highest BCUT2D eigenvalue weighted by Crippen LogP contribution is 2.07. The molecule has 36 heavy (non-hydrogen) atoms. The summed E-state index contributed by atoms with van der Waals surface area (Å²) in [5.74, 6) is -5.83. The fourth-order valence-corrected chi connectivity index (χ4v) is 3.21. The van der Waals surface area contributed by atoms with Crippen molar-refractivity contribution >= 4 is 48.2 Å². The third-order valence-electron chi connectivity index (χ3n) is 5.02. The predicted molar refractivity (Wildman–Crippen MR) is 131 cm³/mol. The number of primary amides is 1. The Kier molecular flexibility index (Phi) is 13.0. The minimum Gasteiger partial charge on any atom is -0.481 e. The first-order valence-electron chi connectivity index (χ1n) is 11.0. The molecule has 14 heteroatoms. The van der Waals surface area contributed by atoms with E-state index in [1.165, 1.54) is 0 Å². The van der Waals surface area contributed by atoms with Crippen molar-refractivity contribution in [2.24, 2.45) is 11.5 Å². The van der Waals surface area contributed by atoms with Crippen LogP contribution in [0.4, 0.5) is 0 Å². The molecule has 4 atom stereocenters. The Labute approximate surface area is 212 Å². The van der Waals surface area contributed by atoms with E-state index in [-0.39, 0.29) is 31.4 Å². The van der Waals surface area contributed by atoms with Crippen LogP contribution in [0.25, 0.3) is 0 Å². The van der Waals surface area contributed by atoms with Crippen LogP contribution in [-0.4, -0.2) is 75.7 Å². The maximum absolute atomic E-state index is 13.0. The van der Waals surface area contributed by atoms with Crippen LogP contribution in [0.1, 0.15) is 31.2 Å². The van der Waals surface area contributed by atoms with Crippen LogP contribution in [0.3, 0.4) is 0 Å². The van der Waals surface area contributed by atoms with Crippen molar-refractivity contribution in [2.75, 3.05) is 5.75 Å². The number of nitrogens with one attached hydrogen (secondary N) is 3. The molecule has 0 aromatic heterocycles. The van der Waals surface area contributed by atoms with Crippen LogP contribution in [0, 0.1) is 0 Å². The lowest BCUT2D eigenvalue weighted by molar-refractivity contribution is -0.143. The van der Waals surface area contributed by atoms with Crippen molar-refractivity contribution in [1.82, 2.24) is 16.0 Å². The largest absolute Gasteiger partial charge is 0.481 e. The molecule has 0 radical (unpaired) electrons. The van der Waals surface area contributed by atoms with Gasteiger partial charge < -0.3 is 37.6 Å². The second kappa shape index (κ2) is 15.4. The molecule has 0 aliphatic heterocycles. The summed E-state index contributed by atoms with van der Waals surface area (Å²) in [5.41, 5.74) is 11.4. The van der Waals surface area contributed by atoms with E-state index in [1.807, 2.05) is 0 Å². The van der Waals surface area contributed by atoms with Crippen LogP contribution >= 0.6 is 12.6 Å². The van der Waals surface area contributed by atoms with Gasteiger partial charge in [0.05, 0.1) is 6.04 Å². The molecular weight excluding hydrogens is 494 g/mol. The third kappa shape index (κ3) is 11.2. The van der Waals surface area contributed by atoms with E-state index in [4.69, 9.17) is 16.6 Å². The molecule has 9 N–H and O–H groups in total. The highest BCUT2D eigenvalue weighted by molar-refractivity contribution is 7.80. The lowest BCUT2D eigenvalue weighted by Crippen LogP contribution is -2.58. The van der Waals surface area contributed by atoms with Gasteiger partial charge in [-0.3, -0.25) is 24.0 Å². The van der Waals surface area contributed by atoms with Crippen molar-refractivity contribution in [3.8, 4) is 0 Å². The lowest BCUT2D eigenvalue weighted by atomic mass is 10.0. The number of carboxylic acid groups (broad SMARTS) is 2. The summed E-state index contributed by atoms with van der Waals surface area (Å²) >= 11 is 3.93. The van der Waals surface area contributed by atoms with Crippen LogP contribution < -0.4 is 27.4 Å². The van der Waals surface area contributed by atoms with E-state index in [9.17, 15) is 33.9 Å². The normalized spacial score (nSPS) is 13.9. The van der Waals surface area contributed by atoms with Gasteiger partial charge in [-0.15, -0.1) is 0 Å². The zero-order valence-corrected chi connectivity index (χ0v) is 20.3. The number of thiol groups is 1. The molecule has 0 aliphatic carbocycles. The molecule has 0 aliphatic rings. The first-order valence-corrected chi connectivity index (χ1v) is 11.6. The van der Waals surface area contributed by atoms with Gasteiger partial charge in [0.15, 0.2) is 0 Å². The van der Waals surface area contributed by atoms with Gasteiger partial charge >= 0.3 is 11.9 Å². The summed E-state index contributed by atoms with van der Waals surface area (Å²) < 4.78 is 0. The standard InChI is InChI=1S/C22H31N5O8S/c23-13(11-36)19(31)25-14(6-8-17(24)28)20(32)27-16(10-12-4-2-1-3-5-12)21(33)26-15(22(34)35)7-9-18(29)30/h1-5,13-16,36H,6-11,23H2,(H2,24,28)(H,25,31)(H,26,33)(H,27,32)(H,29,30)(H,34,35). The molecule has 198 valence electrons. The van der Waals surface area contributed by atoms with Crippen molar-refractivity contribution in [2.45, 2.75) is 56.3 Å². The number of amides is 4. The Hall–Kier alpha value is -3.65. The fraction of sp³-hybridized carbons (Fsp3) is 0.455. The molecule has 1 aromatic rings. The van der Waals surface area contributed by atoms with E-state index in [0.717, 1.165) is 0 Å². The second-order valence-corrected chi connectivity index (χ2v) is 8.30. The molecule has 1 rings (SSSR count). The summed E-state index contributed by atoms with van der Waals surface area (Å²) in [6, 6.07) is 3.40. The Morgan fingerprint density at radius 1 is 0.806 bits per heavy atom. The molecule has 13 nitrogen and oxygen atoms in total. The first kappa shape index (κ1) is 30.4. The number of carbonyl (C=O) groups is 6. The summed E-state index contributed by atoms with van der Waals surface area (Å²) in [6.45, 7) is 0. The number of carboxylic acids is 2. The molecule has 0 bridgehead atoms. The molecule has 0 saturated carbocycles. The molecule has 0 heterocycles. The second-order valence-electron chi connectivity index (χ2n) is 7.94. The Bertz CT molecular complexity index is 946. The topological polar surface area (TPSA) is 231 Å². The van der Waals surface area contributed by atoms with Crippen molar-refractivity contribution in [3.63, 3.8) is 0 Å². The van der Waals surface area contributed by atoms with Crippen molar-refractivity contribution in [3.05, 3.63) is 35.9 Å². The summed E-state index contributed by atoms with van der Waals surface area (Å²) in [5, 5.41) is 25.3. The molecule has 4 amide bonds. The van der Waals surface area contributed by atoms with Crippen molar-refractivity contribution in [1.29, 1.82) is 0 Å². The summed E-state index contributed by atoms with van der Waals surface area (Å²) in [7, 11) is 0. The highest BCUT2D eigenvalue weighted by atomic mass is 32.1. The summed E-state index contributed by atoms with van der Waals surface area (Å²) in [6.07, 6.45) is -1.35. The van der Waals surface area contributed by atoms with Crippen LogP contribution in [0.2, 0.25) is 0 Å². The number of carbonyl (C=O) groups excluding carboxylic acids is 4. The monoisotopic (exact) mass is 525 g/mol. The number of hydrogen-bond acceptors (Lipinski definition) is 8. The molecule has 0 fully saturated rings. The van der Waals surface area contributed by atoms with E-state index < -0.39 is 66.2 Å². The SMILES string of the molecule is NC(=O)CCC(NC(=O)C(N)CS)C(=O)NC(Cc1ccccc1)C(=O)NC(CCC(=O)O)C(=O)O. The third-order valence-corrected chi connectivity index (χ3v) is 5.42. The molecular formula is C22H31N5O8S. The van der Waals surface area contributed by atoms with Crippen LogP contribution in [-0.2, 0) is 35.2 Å². The maximum Gasteiger partial charge on any atom is 0.326 e. The average molecular weight is 526 g/mol. The van der Waals surface area contributed by atoms with Gasteiger partial charge in [-0.1, -0.05) is 30.3 Å². The average Bonchev–Trinajstić information content (AvgIpc) is 2.83. The van der Waals surface area contributed by atoms with Gasteiger partial charge in [-0.05, 0) is 18.4 Å². The van der Waals surface area contributed by atoms with Crippen LogP contribution in [0.15, 0.2) is 30.3 Å². The van der Waals surface area contributed by atoms with Gasteiger partial charge in [0.25, 0.3) is 0 Å². The highest BCUT2D eigenvalue weighted by Gasteiger charge is 2.30. The number of nitrogens with two attached hydrogens (primary N) is 2. The predicted octanol–water partition coefficient (Wildman–Crippen LogP) is -1.84. The maximum atomic E-state index is 13.0. The van der Waals surface area contributed by atoms with E-state index in [0.29, 0.717) is 5.56 Å². The minimum atomic E-state index is -1.51. The Balaban J connectivity index is 3.13. The molecule has 1 aromatic carbocycles. The number of aliphatic carboxylic acids is 2. The zero-order valence-electron chi connectivity index (χ0n) is 19.4. The Morgan fingerprint density at radius 3 is 1.86 bits per heavy atom. The smallest absolute Gasteiger partial charge is 0.326 e. The van der Waals surface area contributed by atoms with Gasteiger partial charge in [0.2, 0.25) is 23.6 Å². The fourth-order valence-electron chi connectivity index (χ4n) is 3.05. The van der Waals surface area contributed by atoms with Gasteiger partial charge in [-0.2, -0.15) is 12.6 Å². The van der Waals surface area contributed by atoms with E-state index in [2.05, 4.69) is 28.6 Å². The molecule has 4 unspecified atom stereocenters. The van der Waals surface area contributed by atoms with Crippen molar-refractivity contribution < 1.29 is 39.0 Å².